The van der Waals surface area contributed by atoms with Gasteiger partial charge in [-0.25, -0.2) is 13.9 Å². The zero-order chi connectivity index (χ0) is 20.4. The van der Waals surface area contributed by atoms with Gasteiger partial charge in [0.25, 0.3) is 0 Å². The van der Waals surface area contributed by atoms with Crippen molar-refractivity contribution in [3.63, 3.8) is 0 Å². The Morgan fingerprint density at radius 2 is 1.93 bits per heavy atom. The summed E-state index contributed by atoms with van der Waals surface area (Å²) < 4.78 is 20.6. The number of hydrogen-bond donors (Lipinski definition) is 1. The maximum Gasteiger partial charge on any atom is 0.338 e. The van der Waals surface area contributed by atoms with E-state index in [4.69, 9.17) is 4.74 Å². The van der Waals surface area contributed by atoms with E-state index in [2.05, 4.69) is 15.4 Å². The van der Waals surface area contributed by atoms with Crippen molar-refractivity contribution in [2.45, 2.75) is 23.9 Å². The molecule has 1 aromatic heterocycles. The molecule has 2 heterocycles. The van der Waals surface area contributed by atoms with Crippen molar-refractivity contribution in [1.82, 2.24) is 14.8 Å². The molecule has 29 heavy (non-hydrogen) atoms. The highest BCUT2D eigenvalue weighted by atomic mass is 32.2. The number of carbonyl (C=O) groups excluding carboxylic acids is 1. The number of thioether (sulfide) groups is 1. The first-order valence-electron chi connectivity index (χ1n) is 9.02. The Hall–Kier alpha value is -3.13. The molecular formula is C21H19FN4O2S. The Kier molecular flexibility index (Phi) is 5.35. The number of rotatable bonds is 5. The Morgan fingerprint density at radius 1 is 1.21 bits per heavy atom. The number of esters is 1. The third-order valence-corrected chi connectivity index (χ3v) is 5.55. The lowest BCUT2D eigenvalue weighted by Crippen LogP contribution is -2.29. The van der Waals surface area contributed by atoms with Crippen molar-refractivity contribution in [3.8, 4) is 0 Å². The summed E-state index contributed by atoms with van der Waals surface area (Å²) in [4.78, 5) is 17.0. The van der Waals surface area contributed by atoms with Gasteiger partial charge in [-0.1, -0.05) is 60.3 Å². The number of carbonyl (C=O) groups is 1. The Labute approximate surface area is 171 Å². The quantitative estimate of drug-likeness (QED) is 0.503. The van der Waals surface area contributed by atoms with Gasteiger partial charge in [-0.3, -0.25) is 0 Å². The van der Waals surface area contributed by atoms with E-state index in [0.29, 0.717) is 33.7 Å². The minimum Gasteiger partial charge on any atom is -0.466 e. The van der Waals surface area contributed by atoms with Gasteiger partial charge in [0.2, 0.25) is 11.1 Å². The minimum atomic E-state index is -0.463. The lowest BCUT2D eigenvalue weighted by atomic mass is 9.96. The zero-order valence-electron chi connectivity index (χ0n) is 15.9. The molecule has 6 nitrogen and oxygen atoms in total. The topological polar surface area (TPSA) is 69.0 Å². The van der Waals surface area contributed by atoms with Crippen LogP contribution >= 0.6 is 11.8 Å². The molecular weight excluding hydrogens is 391 g/mol. The van der Waals surface area contributed by atoms with Crippen molar-refractivity contribution in [2.24, 2.45) is 0 Å². The van der Waals surface area contributed by atoms with Crippen molar-refractivity contribution in [1.29, 1.82) is 0 Å². The zero-order valence-corrected chi connectivity index (χ0v) is 16.7. The van der Waals surface area contributed by atoms with E-state index in [-0.39, 0.29) is 5.82 Å². The first-order chi connectivity index (χ1) is 14.1. The van der Waals surface area contributed by atoms with Gasteiger partial charge in [-0.15, -0.1) is 5.10 Å². The van der Waals surface area contributed by atoms with E-state index < -0.39 is 12.0 Å². The van der Waals surface area contributed by atoms with Crippen LogP contribution in [0.2, 0.25) is 0 Å². The average Bonchev–Trinajstić information content (AvgIpc) is 3.14. The number of aromatic nitrogens is 3. The molecule has 0 saturated heterocycles. The summed E-state index contributed by atoms with van der Waals surface area (Å²) >= 11 is 1.34. The normalized spacial score (nSPS) is 15.6. The Bertz CT molecular complexity index is 1080. The second-order valence-corrected chi connectivity index (χ2v) is 7.45. The standard InChI is InChI=1S/C21H19FN4O2S/c1-13-17(19(27)28-2)18(14-8-4-3-5-9-14)26-20(23-13)24-21(25-26)29-12-15-10-6-7-11-16(15)22/h3-11,18H,12H2,1-2H3,(H,23,24,25). The van der Waals surface area contributed by atoms with Gasteiger partial charge in [-0.2, -0.15) is 4.98 Å². The van der Waals surface area contributed by atoms with Gasteiger partial charge in [0.05, 0.1) is 12.7 Å². The number of nitrogens with zero attached hydrogens (tertiary/aromatic N) is 3. The average molecular weight is 410 g/mol. The monoisotopic (exact) mass is 410 g/mol. The molecule has 0 bridgehead atoms. The number of fused-ring (bicyclic) bond motifs is 1. The summed E-state index contributed by atoms with van der Waals surface area (Å²) in [5.74, 6) is 0.253. The molecule has 1 atom stereocenters. The number of ether oxygens (including phenoxy) is 1. The Morgan fingerprint density at radius 3 is 2.66 bits per heavy atom. The van der Waals surface area contributed by atoms with Crippen LogP contribution in [0.3, 0.4) is 0 Å². The molecule has 0 fully saturated rings. The molecule has 1 aliphatic heterocycles. The molecule has 1 aliphatic rings. The highest BCUT2D eigenvalue weighted by Crippen LogP contribution is 2.36. The van der Waals surface area contributed by atoms with Crippen LogP contribution in [0.4, 0.5) is 10.3 Å². The van der Waals surface area contributed by atoms with E-state index in [1.54, 1.807) is 22.9 Å². The molecule has 0 saturated carbocycles. The maximum atomic E-state index is 13.9. The molecule has 1 unspecified atom stereocenters. The van der Waals surface area contributed by atoms with Crippen molar-refractivity contribution < 1.29 is 13.9 Å². The van der Waals surface area contributed by atoms with Gasteiger partial charge >= 0.3 is 5.97 Å². The second-order valence-electron chi connectivity index (χ2n) is 6.51. The number of hydrogen-bond acceptors (Lipinski definition) is 6. The third-order valence-electron chi connectivity index (χ3n) is 4.67. The summed E-state index contributed by atoms with van der Waals surface area (Å²) in [6.07, 6.45) is 0. The fraction of sp³-hybridized carbons (Fsp3) is 0.190. The fourth-order valence-electron chi connectivity index (χ4n) is 3.27. The molecule has 0 radical (unpaired) electrons. The molecule has 0 amide bonds. The van der Waals surface area contributed by atoms with Gasteiger partial charge in [0.15, 0.2) is 0 Å². The number of allylic oxidation sites excluding steroid dienone is 1. The smallest absolute Gasteiger partial charge is 0.338 e. The Balaban J connectivity index is 1.69. The number of benzene rings is 2. The van der Waals surface area contributed by atoms with E-state index in [9.17, 15) is 9.18 Å². The van der Waals surface area contributed by atoms with Crippen LogP contribution < -0.4 is 5.32 Å². The molecule has 3 aromatic rings. The van der Waals surface area contributed by atoms with Crippen LogP contribution in [-0.2, 0) is 15.3 Å². The highest BCUT2D eigenvalue weighted by Gasteiger charge is 2.34. The van der Waals surface area contributed by atoms with E-state index >= 15 is 0 Å². The fourth-order valence-corrected chi connectivity index (χ4v) is 4.08. The molecule has 2 aromatic carbocycles. The highest BCUT2D eigenvalue weighted by molar-refractivity contribution is 7.98. The maximum absolute atomic E-state index is 13.9. The number of methoxy groups -OCH3 is 1. The van der Waals surface area contributed by atoms with Crippen LogP contribution in [0.1, 0.15) is 24.1 Å². The number of halogens is 1. The predicted molar refractivity (Wildman–Crippen MR) is 109 cm³/mol. The SMILES string of the molecule is COC(=O)C1=C(C)Nc2nc(SCc3ccccc3F)nn2C1c1ccccc1. The van der Waals surface area contributed by atoms with Crippen LogP contribution in [0.15, 0.2) is 71.0 Å². The van der Waals surface area contributed by atoms with Crippen LogP contribution in [-0.4, -0.2) is 27.8 Å². The first kappa shape index (κ1) is 19.2. The molecule has 1 N–H and O–H groups in total. The predicted octanol–water partition coefficient (Wildman–Crippen LogP) is 4.17. The molecule has 4 rings (SSSR count). The van der Waals surface area contributed by atoms with Crippen molar-refractivity contribution in [3.05, 3.63) is 82.8 Å². The van der Waals surface area contributed by atoms with Crippen molar-refractivity contribution in [2.75, 3.05) is 12.4 Å². The summed E-state index contributed by atoms with van der Waals surface area (Å²) in [7, 11) is 1.36. The van der Waals surface area contributed by atoms with Crippen LogP contribution in [0.5, 0.6) is 0 Å². The van der Waals surface area contributed by atoms with Crippen LogP contribution in [0, 0.1) is 5.82 Å². The van der Waals surface area contributed by atoms with Crippen LogP contribution in [0.25, 0.3) is 0 Å². The lowest BCUT2D eigenvalue weighted by molar-refractivity contribution is -0.136. The van der Waals surface area contributed by atoms with Gasteiger partial charge in [0.1, 0.15) is 11.9 Å². The van der Waals surface area contributed by atoms with Gasteiger partial charge in [-0.05, 0) is 24.1 Å². The van der Waals surface area contributed by atoms with Gasteiger partial charge in [0, 0.05) is 11.4 Å². The van der Waals surface area contributed by atoms with E-state index in [1.165, 1.54) is 24.9 Å². The molecule has 0 aliphatic carbocycles. The molecule has 8 heteroatoms. The first-order valence-corrected chi connectivity index (χ1v) is 10.0. The number of anilines is 1. The summed E-state index contributed by atoms with van der Waals surface area (Å²) in [5, 5.41) is 8.23. The van der Waals surface area contributed by atoms with E-state index in [1.807, 2.05) is 37.3 Å². The van der Waals surface area contributed by atoms with E-state index in [0.717, 1.165) is 5.56 Å². The number of nitrogens with one attached hydrogen (secondary N) is 1. The largest absolute Gasteiger partial charge is 0.466 e. The molecule has 148 valence electrons. The summed E-state index contributed by atoms with van der Waals surface area (Å²) in [6.45, 7) is 1.81. The minimum absolute atomic E-state index is 0.255. The summed E-state index contributed by atoms with van der Waals surface area (Å²) in [6, 6.07) is 15.8. The third kappa shape index (κ3) is 3.75. The molecule has 0 spiro atoms. The van der Waals surface area contributed by atoms with Crippen molar-refractivity contribution >= 4 is 23.7 Å². The second kappa shape index (κ2) is 8.08. The van der Waals surface area contributed by atoms with Gasteiger partial charge < -0.3 is 10.1 Å². The lowest BCUT2D eigenvalue weighted by Gasteiger charge is -2.27. The summed E-state index contributed by atoms with van der Waals surface area (Å²) in [5.41, 5.74) is 2.62.